The summed E-state index contributed by atoms with van der Waals surface area (Å²) in [4.78, 5) is 8.79. The molecule has 176 valence electrons. The summed E-state index contributed by atoms with van der Waals surface area (Å²) in [6.45, 7) is 0.566. The van der Waals surface area contributed by atoms with Crippen molar-refractivity contribution in [1.29, 1.82) is 0 Å². The Bertz CT molecular complexity index is 1330. The Morgan fingerprint density at radius 2 is 1.80 bits per heavy atom. The summed E-state index contributed by atoms with van der Waals surface area (Å²) in [5, 5.41) is 15.4. The number of aromatic hydroxyl groups is 1. The Morgan fingerprint density at radius 3 is 2.54 bits per heavy atom. The first-order chi connectivity index (χ1) is 17.2. The molecule has 1 saturated heterocycles. The topological polar surface area (TPSA) is 111 Å². The number of phenolic OH excluding ortho intramolecular Hbond substituents is 1. The number of aromatic nitrogens is 2. The number of pyridine rings is 2. The van der Waals surface area contributed by atoms with E-state index in [1.54, 1.807) is 12.4 Å². The van der Waals surface area contributed by atoms with Crippen molar-refractivity contribution in [3.63, 3.8) is 0 Å². The molecule has 7 nitrogen and oxygen atoms in total. The van der Waals surface area contributed by atoms with Crippen LogP contribution >= 0.6 is 0 Å². The van der Waals surface area contributed by atoms with Crippen molar-refractivity contribution in [1.82, 2.24) is 20.8 Å². The van der Waals surface area contributed by atoms with E-state index in [1.165, 1.54) is 0 Å². The average molecular weight is 466 g/mol. The smallest absolute Gasteiger partial charge is 0.147 e. The predicted molar refractivity (Wildman–Crippen MR) is 137 cm³/mol. The van der Waals surface area contributed by atoms with Gasteiger partial charge in [0.25, 0.3) is 0 Å². The quantitative estimate of drug-likeness (QED) is 0.201. The van der Waals surface area contributed by atoms with Crippen molar-refractivity contribution in [2.75, 3.05) is 11.9 Å². The van der Waals surface area contributed by atoms with E-state index < -0.39 is 0 Å². The van der Waals surface area contributed by atoms with Crippen molar-refractivity contribution in [3.05, 3.63) is 90.3 Å². The van der Waals surface area contributed by atoms with E-state index >= 15 is 0 Å². The second kappa shape index (κ2) is 10.0. The third-order valence-electron chi connectivity index (χ3n) is 6.23. The average Bonchev–Trinajstić information content (AvgIpc) is 3.68. The lowest BCUT2D eigenvalue weighted by molar-refractivity contribution is 0.284. The minimum absolute atomic E-state index is 0.106. The number of fused-ring (bicyclic) bond motifs is 1. The molecule has 35 heavy (non-hydrogen) atoms. The lowest BCUT2D eigenvalue weighted by Crippen LogP contribution is -2.21. The zero-order valence-electron chi connectivity index (χ0n) is 19.2. The summed E-state index contributed by atoms with van der Waals surface area (Å²) >= 11 is 0. The monoisotopic (exact) mass is 465 g/mol. The molecule has 1 aliphatic rings. The van der Waals surface area contributed by atoms with Gasteiger partial charge in [-0.2, -0.15) is 0 Å². The second-order valence-corrected chi connectivity index (χ2v) is 8.57. The number of hydrazine groups is 1. The van der Waals surface area contributed by atoms with Crippen molar-refractivity contribution in [2.45, 2.75) is 31.0 Å². The molecule has 1 aliphatic heterocycles. The Morgan fingerprint density at radius 1 is 0.971 bits per heavy atom. The maximum absolute atomic E-state index is 11.1. The fraction of sp³-hybridized carbons (Fsp3) is 0.214. The number of hydrogen-bond donors (Lipinski definition) is 4. The molecule has 4 N–H and O–H groups in total. The van der Waals surface area contributed by atoms with Gasteiger partial charge in [0.1, 0.15) is 22.8 Å². The predicted octanol–water partition coefficient (Wildman–Crippen LogP) is 4.52. The number of hydrogen-bond acceptors (Lipinski definition) is 7. The highest BCUT2D eigenvalue weighted by molar-refractivity contribution is 5.86. The summed E-state index contributed by atoms with van der Waals surface area (Å²) < 4.78 is 5.98. The van der Waals surface area contributed by atoms with Crippen LogP contribution in [-0.2, 0) is 0 Å². The fourth-order valence-electron chi connectivity index (χ4n) is 4.16. The third kappa shape index (κ3) is 5.19. The molecule has 0 aliphatic carbocycles. The SMILES string of the molecule is C#CCCC1(CCOc2ccc(C(Nc3ccccn3)c3ccc4cccnc4c3O)cc2)NN1. The van der Waals surface area contributed by atoms with Gasteiger partial charge in [-0.3, -0.25) is 4.98 Å². The molecule has 7 heteroatoms. The van der Waals surface area contributed by atoms with Crippen molar-refractivity contribution in [3.8, 4) is 23.8 Å². The van der Waals surface area contributed by atoms with Crippen LogP contribution in [0.5, 0.6) is 11.5 Å². The van der Waals surface area contributed by atoms with Gasteiger partial charge in [0.2, 0.25) is 0 Å². The molecule has 1 atom stereocenters. The fourth-order valence-corrected chi connectivity index (χ4v) is 4.16. The van der Waals surface area contributed by atoms with Crippen LogP contribution in [0.3, 0.4) is 0 Å². The zero-order valence-corrected chi connectivity index (χ0v) is 19.2. The van der Waals surface area contributed by atoms with Crippen molar-refractivity contribution >= 4 is 16.7 Å². The molecule has 3 heterocycles. The maximum atomic E-state index is 11.1. The summed E-state index contributed by atoms with van der Waals surface area (Å²) in [6.07, 6.45) is 11.2. The Balaban J connectivity index is 1.36. The number of terminal acetylenes is 1. The number of rotatable bonds is 10. The van der Waals surface area contributed by atoms with Gasteiger partial charge in [-0.15, -0.1) is 12.3 Å². The largest absolute Gasteiger partial charge is 0.505 e. The van der Waals surface area contributed by atoms with E-state index in [1.807, 2.05) is 66.7 Å². The summed E-state index contributed by atoms with van der Waals surface area (Å²) in [5.41, 5.74) is 8.51. The van der Waals surface area contributed by atoms with Crippen LogP contribution < -0.4 is 20.9 Å². The van der Waals surface area contributed by atoms with E-state index in [4.69, 9.17) is 11.2 Å². The van der Waals surface area contributed by atoms with Gasteiger partial charge in [-0.25, -0.2) is 15.8 Å². The van der Waals surface area contributed by atoms with E-state index in [0.29, 0.717) is 17.9 Å². The van der Waals surface area contributed by atoms with Crippen LogP contribution in [-0.4, -0.2) is 27.3 Å². The molecule has 0 radical (unpaired) electrons. The number of nitrogens with one attached hydrogen (secondary N) is 3. The van der Waals surface area contributed by atoms with Crippen LogP contribution in [0.1, 0.15) is 36.4 Å². The molecular formula is C28H27N5O2. The molecule has 2 aromatic heterocycles. The van der Waals surface area contributed by atoms with E-state index in [2.05, 4.69) is 32.1 Å². The summed E-state index contributed by atoms with van der Waals surface area (Å²) in [6, 6.07) is 20.9. The maximum Gasteiger partial charge on any atom is 0.147 e. The summed E-state index contributed by atoms with van der Waals surface area (Å²) in [5.74, 6) is 4.32. The highest BCUT2D eigenvalue weighted by Crippen LogP contribution is 2.36. The van der Waals surface area contributed by atoms with E-state index in [0.717, 1.165) is 41.5 Å². The molecule has 0 spiro atoms. The molecule has 0 saturated carbocycles. The van der Waals surface area contributed by atoms with Crippen LogP contribution in [0.25, 0.3) is 10.9 Å². The van der Waals surface area contributed by atoms with Gasteiger partial charge >= 0.3 is 0 Å². The minimum Gasteiger partial charge on any atom is -0.505 e. The van der Waals surface area contributed by atoms with Gasteiger partial charge in [-0.1, -0.05) is 36.4 Å². The lowest BCUT2D eigenvalue weighted by Gasteiger charge is -2.22. The van der Waals surface area contributed by atoms with Gasteiger partial charge in [-0.05, 0) is 42.3 Å². The van der Waals surface area contributed by atoms with Crippen LogP contribution in [0.2, 0.25) is 0 Å². The molecule has 1 fully saturated rings. The number of phenols is 1. The standard InChI is InChI=1S/C28H27N5O2/c1-2-3-15-28(32-33-28)16-19-35-22-12-9-21(10-13-22)25(31-24-8-4-5-17-29-24)23-14-11-20-7-6-18-30-26(20)27(23)34/h1,4-14,17-18,25,32-34H,3,15-16,19H2,(H,29,31). The number of anilines is 1. The Kier molecular flexibility index (Phi) is 6.49. The van der Waals surface area contributed by atoms with Gasteiger partial charge < -0.3 is 15.2 Å². The van der Waals surface area contributed by atoms with Crippen LogP contribution in [0.15, 0.2) is 79.1 Å². The van der Waals surface area contributed by atoms with Crippen molar-refractivity contribution < 1.29 is 9.84 Å². The van der Waals surface area contributed by atoms with Gasteiger partial charge in [0, 0.05) is 36.2 Å². The van der Waals surface area contributed by atoms with Crippen LogP contribution in [0, 0.1) is 12.3 Å². The minimum atomic E-state index is -0.336. The normalized spacial score (nSPS) is 14.7. The van der Waals surface area contributed by atoms with Crippen LogP contribution in [0.4, 0.5) is 5.82 Å². The zero-order chi connectivity index (χ0) is 24.1. The first-order valence-electron chi connectivity index (χ1n) is 11.6. The highest BCUT2D eigenvalue weighted by Gasteiger charge is 2.40. The van der Waals surface area contributed by atoms with E-state index in [9.17, 15) is 5.11 Å². The Labute approximate surface area is 204 Å². The molecule has 4 aromatic rings. The van der Waals surface area contributed by atoms with Gasteiger partial charge in [0.15, 0.2) is 0 Å². The molecular weight excluding hydrogens is 438 g/mol. The lowest BCUT2D eigenvalue weighted by atomic mass is 9.96. The number of benzene rings is 2. The molecule has 1 unspecified atom stereocenters. The van der Waals surface area contributed by atoms with E-state index in [-0.39, 0.29) is 17.5 Å². The summed E-state index contributed by atoms with van der Waals surface area (Å²) in [7, 11) is 0. The first-order valence-corrected chi connectivity index (χ1v) is 11.6. The third-order valence-corrected chi connectivity index (χ3v) is 6.23. The highest BCUT2D eigenvalue weighted by atomic mass is 16.5. The number of ether oxygens (including phenoxy) is 1. The number of nitrogens with zero attached hydrogens (tertiary/aromatic N) is 2. The first kappa shape index (κ1) is 22.7. The molecule has 0 amide bonds. The van der Waals surface area contributed by atoms with Crippen molar-refractivity contribution in [2.24, 2.45) is 0 Å². The second-order valence-electron chi connectivity index (χ2n) is 8.57. The van der Waals surface area contributed by atoms with Gasteiger partial charge in [0.05, 0.1) is 18.3 Å². The Hall–Kier alpha value is -4.12. The molecule has 2 aromatic carbocycles. The molecule has 0 bridgehead atoms. The molecule has 5 rings (SSSR count).